The number of hydrogen-bond donors (Lipinski definition) is 4. The standard InChI is InChI=1S/C21H24F18N4O4/c1-47-11(44)10(9-43-13(46)42-8-5-15(24,25)17(28,29)19(32,33)21(37,38)39)3-2-6-40-12(45)41-7-4-14(22,23)16(26,27)18(30,31)20(34,35)36/h10H,2-9H2,1H3,(H2,40,41,45)(H2,42,43,46). The first kappa shape index (κ1) is 43.8. The molecule has 0 radical (unpaired) electrons. The van der Waals surface area contributed by atoms with E-state index >= 15 is 0 Å². The van der Waals surface area contributed by atoms with Gasteiger partial charge in [0.25, 0.3) is 0 Å². The van der Waals surface area contributed by atoms with Gasteiger partial charge in [-0.15, -0.1) is 0 Å². The van der Waals surface area contributed by atoms with E-state index < -0.39 is 111 Å². The number of esters is 1. The lowest BCUT2D eigenvalue weighted by atomic mass is 10.0. The maximum absolute atomic E-state index is 13.5. The van der Waals surface area contributed by atoms with Crippen molar-refractivity contribution >= 4 is 18.0 Å². The van der Waals surface area contributed by atoms with Crippen LogP contribution in [0.25, 0.3) is 0 Å². The van der Waals surface area contributed by atoms with Gasteiger partial charge >= 0.3 is 65.9 Å². The molecule has 0 saturated carbocycles. The van der Waals surface area contributed by atoms with Gasteiger partial charge in [-0.1, -0.05) is 0 Å². The molecule has 0 spiro atoms. The lowest BCUT2D eigenvalue weighted by Gasteiger charge is -2.33. The summed E-state index contributed by atoms with van der Waals surface area (Å²) in [6.45, 7) is -4.30. The minimum Gasteiger partial charge on any atom is -0.469 e. The van der Waals surface area contributed by atoms with Crippen molar-refractivity contribution in [2.45, 2.75) is 73.6 Å². The zero-order valence-electron chi connectivity index (χ0n) is 23.2. The molecule has 0 aromatic rings. The van der Waals surface area contributed by atoms with Gasteiger partial charge < -0.3 is 26.0 Å². The molecule has 0 aliphatic carbocycles. The number of methoxy groups -OCH3 is 1. The molecule has 1 unspecified atom stereocenters. The van der Waals surface area contributed by atoms with Gasteiger partial charge in [-0.05, 0) is 12.8 Å². The maximum Gasteiger partial charge on any atom is 0.460 e. The molecule has 0 aliphatic rings. The summed E-state index contributed by atoms with van der Waals surface area (Å²) in [6, 6.07) is -2.93. The van der Waals surface area contributed by atoms with E-state index in [0.29, 0.717) is 0 Å². The van der Waals surface area contributed by atoms with Crippen LogP contribution in [0.1, 0.15) is 25.7 Å². The number of rotatable bonds is 17. The second-order valence-electron chi connectivity index (χ2n) is 9.38. The molecule has 0 saturated heterocycles. The van der Waals surface area contributed by atoms with Gasteiger partial charge in [-0.25, -0.2) is 9.59 Å². The SMILES string of the molecule is COC(=O)C(CCCNC(=O)NCCC(F)(F)C(F)(F)C(F)(F)C(F)(F)F)CNC(=O)NCCC(F)(F)C(F)(F)C(F)(F)C(F)(F)F. The Labute approximate surface area is 251 Å². The van der Waals surface area contributed by atoms with Gasteiger partial charge in [-0.3, -0.25) is 4.79 Å². The molecule has 26 heteroatoms. The molecule has 1 atom stereocenters. The highest BCUT2D eigenvalue weighted by molar-refractivity contribution is 5.76. The Morgan fingerprint density at radius 1 is 0.532 bits per heavy atom. The first-order chi connectivity index (χ1) is 20.8. The van der Waals surface area contributed by atoms with E-state index in [1.807, 2.05) is 10.6 Å². The summed E-state index contributed by atoms with van der Waals surface area (Å²) in [7, 11) is 0.837. The Bertz CT molecular complexity index is 1070. The van der Waals surface area contributed by atoms with Crippen LogP contribution in [0.15, 0.2) is 0 Å². The summed E-state index contributed by atoms with van der Waals surface area (Å²) in [6.07, 6.45) is -19.4. The number of amides is 4. The third kappa shape index (κ3) is 10.4. The van der Waals surface area contributed by atoms with E-state index in [2.05, 4.69) is 4.74 Å². The molecule has 8 nitrogen and oxygen atoms in total. The zero-order chi connectivity index (χ0) is 37.5. The summed E-state index contributed by atoms with van der Waals surface area (Å²) < 4.78 is 235. The lowest BCUT2D eigenvalue weighted by Crippen LogP contribution is -2.61. The Morgan fingerprint density at radius 2 is 0.872 bits per heavy atom. The molecule has 0 aliphatic heterocycles. The Hall–Kier alpha value is -3.25. The number of nitrogens with one attached hydrogen (secondary N) is 4. The fourth-order valence-corrected chi connectivity index (χ4v) is 3.16. The van der Waals surface area contributed by atoms with Crippen LogP contribution in [0.4, 0.5) is 88.6 Å². The fourth-order valence-electron chi connectivity index (χ4n) is 3.16. The van der Waals surface area contributed by atoms with Crippen molar-refractivity contribution in [2.24, 2.45) is 5.92 Å². The van der Waals surface area contributed by atoms with E-state index in [0.717, 1.165) is 7.11 Å². The molecule has 0 aromatic carbocycles. The molecule has 0 bridgehead atoms. The summed E-state index contributed by atoms with van der Waals surface area (Å²) in [5.41, 5.74) is 0. The van der Waals surface area contributed by atoms with Crippen molar-refractivity contribution in [3.8, 4) is 0 Å². The highest BCUT2D eigenvalue weighted by Gasteiger charge is 2.82. The topological polar surface area (TPSA) is 109 Å². The fraction of sp³-hybridized carbons (Fsp3) is 0.857. The number of alkyl halides is 18. The van der Waals surface area contributed by atoms with E-state index in [1.54, 1.807) is 0 Å². The predicted molar refractivity (Wildman–Crippen MR) is 119 cm³/mol. The van der Waals surface area contributed by atoms with E-state index in [-0.39, 0.29) is 12.8 Å². The van der Waals surface area contributed by atoms with Gasteiger partial charge in [0.05, 0.1) is 13.0 Å². The second-order valence-corrected chi connectivity index (χ2v) is 9.38. The summed E-state index contributed by atoms with van der Waals surface area (Å²) >= 11 is 0. The first-order valence-corrected chi connectivity index (χ1v) is 12.4. The van der Waals surface area contributed by atoms with Crippen molar-refractivity contribution in [2.75, 3.05) is 33.3 Å². The van der Waals surface area contributed by atoms with Gasteiger partial charge in [0, 0.05) is 39.0 Å². The highest BCUT2D eigenvalue weighted by atomic mass is 19.4. The molecule has 0 rings (SSSR count). The Balaban J connectivity index is 4.82. The average molecular weight is 738 g/mol. The molecular formula is C21H24F18N4O4. The van der Waals surface area contributed by atoms with Gasteiger partial charge in [0.2, 0.25) is 0 Å². The number of carbonyl (C=O) groups excluding carboxylic acids is 3. The number of urea groups is 2. The summed E-state index contributed by atoms with van der Waals surface area (Å²) in [4.78, 5) is 35.1. The monoisotopic (exact) mass is 738 g/mol. The summed E-state index contributed by atoms with van der Waals surface area (Å²) in [5.74, 6) is -42.4. The van der Waals surface area contributed by atoms with Crippen molar-refractivity contribution in [1.82, 2.24) is 21.3 Å². The lowest BCUT2D eigenvalue weighted by molar-refractivity contribution is -0.396. The molecule has 0 heterocycles. The van der Waals surface area contributed by atoms with E-state index in [1.165, 1.54) is 10.6 Å². The van der Waals surface area contributed by atoms with Crippen molar-refractivity contribution in [1.29, 1.82) is 0 Å². The van der Waals surface area contributed by atoms with Crippen LogP contribution in [0.2, 0.25) is 0 Å². The molecular weight excluding hydrogens is 714 g/mol. The zero-order valence-corrected chi connectivity index (χ0v) is 23.2. The highest BCUT2D eigenvalue weighted by Crippen LogP contribution is 2.55. The number of halogens is 18. The first-order valence-electron chi connectivity index (χ1n) is 12.4. The quantitative estimate of drug-likeness (QED) is 0.0851. The predicted octanol–water partition coefficient (Wildman–Crippen LogP) is 5.87. The minimum atomic E-state index is -7.14. The summed E-state index contributed by atoms with van der Waals surface area (Å²) in [5, 5.41) is 6.65. The Morgan fingerprint density at radius 3 is 1.21 bits per heavy atom. The third-order valence-corrected chi connectivity index (χ3v) is 5.93. The van der Waals surface area contributed by atoms with Crippen molar-refractivity contribution in [3.05, 3.63) is 0 Å². The molecule has 278 valence electrons. The number of carbonyl (C=O) groups is 3. The van der Waals surface area contributed by atoms with Crippen LogP contribution in [0, 0.1) is 5.92 Å². The van der Waals surface area contributed by atoms with Gasteiger partial charge in [0.1, 0.15) is 0 Å². The largest absolute Gasteiger partial charge is 0.469 e. The Kier molecular flexibility index (Phi) is 14.3. The third-order valence-electron chi connectivity index (χ3n) is 5.93. The van der Waals surface area contributed by atoms with Gasteiger partial charge in [-0.2, -0.15) is 79.0 Å². The molecule has 47 heavy (non-hydrogen) atoms. The van der Waals surface area contributed by atoms with E-state index in [4.69, 9.17) is 0 Å². The number of hydrogen-bond acceptors (Lipinski definition) is 4. The van der Waals surface area contributed by atoms with Gasteiger partial charge in [0.15, 0.2) is 0 Å². The van der Waals surface area contributed by atoms with Crippen molar-refractivity contribution < 1.29 is 98.1 Å². The van der Waals surface area contributed by atoms with Crippen LogP contribution in [-0.4, -0.2) is 99.2 Å². The van der Waals surface area contributed by atoms with Crippen molar-refractivity contribution in [3.63, 3.8) is 0 Å². The van der Waals surface area contributed by atoms with Crippen LogP contribution in [-0.2, 0) is 9.53 Å². The molecule has 4 N–H and O–H groups in total. The maximum atomic E-state index is 13.5. The molecule has 0 aromatic heterocycles. The van der Waals surface area contributed by atoms with Crippen LogP contribution in [0.3, 0.4) is 0 Å². The van der Waals surface area contributed by atoms with Crippen LogP contribution >= 0.6 is 0 Å². The smallest absolute Gasteiger partial charge is 0.460 e. The molecule has 4 amide bonds. The van der Waals surface area contributed by atoms with Crippen LogP contribution in [0.5, 0.6) is 0 Å². The minimum absolute atomic E-state index is 0.253. The normalized spacial score (nSPS) is 14.7. The number of ether oxygens (including phenoxy) is 1. The van der Waals surface area contributed by atoms with Crippen LogP contribution < -0.4 is 21.3 Å². The average Bonchev–Trinajstić information content (AvgIpc) is 2.90. The van der Waals surface area contributed by atoms with E-state index in [9.17, 15) is 93.4 Å². The second kappa shape index (κ2) is 15.3. The molecule has 0 fully saturated rings.